The Morgan fingerprint density at radius 2 is 1.72 bits per heavy atom. The van der Waals surface area contributed by atoms with Gasteiger partial charge >= 0.3 is 11.9 Å². The molecule has 6 N–H and O–H groups in total. The molecule has 0 rings (SSSR count). The Kier molecular flexibility index (Phi) is 7.05. The molecule has 2 amide bonds. The van der Waals surface area contributed by atoms with Crippen LogP contribution in [-0.4, -0.2) is 53.1 Å². The van der Waals surface area contributed by atoms with E-state index in [1.807, 2.05) is 5.32 Å². The van der Waals surface area contributed by atoms with Gasteiger partial charge in [0.25, 0.3) is 0 Å². The molecule has 0 saturated heterocycles. The molecule has 0 fully saturated rings. The Morgan fingerprint density at radius 1 is 1.11 bits per heavy atom. The van der Waals surface area contributed by atoms with Crippen molar-refractivity contribution in [3.8, 4) is 0 Å². The Labute approximate surface area is 102 Å². The SMILES string of the molecule is NCC(=O)N[C@@H](CCC(=O)O)C(=O)NCC(=O)O. The number of carbonyl (C=O) groups is 4. The second-order valence-corrected chi connectivity index (χ2v) is 3.37. The standard InChI is InChI=1S/C9H15N3O6/c10-3-6(13)12-5(1-2-7(14)15)9(18)11-4-8(16)17/h5H,1-4,10H2,(H,11,18)(H,12,13)(H,14,15)(H,16,17)/t5-/m0/s1. The topological polar surface area (TPSA) is 159 Å². The van der Waals surface area contributed by atoms with E-state index in [2.05, 4.69) is 5.32 Å². The van der Waals surface area contributed by atoms with E-state index >= 15 is 0 Å². The molecule has 0 radical (unpaired) electrons. The molecular formula is C9H15N3O6. The third-order valence-electron chi connectivity index (χ3n) is 1.90. The van der Waals surface area contributed by atoms with Gasteiger partial charge < -0.3 is 26.6 Å². The van der Waals surface area contributed by atoms with E-state index in [9.17, 15) is 19.2 Å². The van der Waals surface area contributed by atoms with Crippen molar-refractivity contribution in [1.29, 1.82) is 0 Å². The zero-order valence-corrected chi connectivity index (χ0v) is 9.51. The van der Waals surface area contributed by atoms with Gasteiger partial charge in [-0.3, -0.25) is 19.2 Å². The van der Waals surface area contributed by atoms with Gasteiger partial charge in [0.05, 0.1) is 6.54 Å². The molecular weight excluding hydrogens is 246 g/mol. The number of nitrogens with one attached hydrogen (secondary N) is 2. The predicted octanol–water partition coefficient (Wildman–Crippen LogP) is -2.50. The average molecular weight is 261 g/mol. The highest BCUT2D eigenvalue weighted by Crippen LogP contribution is 1.98. The molecule has 102 valence electrons. The van der Waals surface area contributed by atoms with Crippen molar-refractivity contribution in [1.82, 2.24) is 10.6 Å². The Balaban J connectivity index is 4.42. The minimum absolute atomic E-state index is 0.146. The number of amides is 2. The van der Waals surface area contributed by atoms with Crippen molar-refractivity contribution in [2.75, 3.05) is 13.1 Å². The zero-order chi connectivity index (χ0) is 14.1. The summed E-state index contributed by atoms with van der Waals surface area (Å²) in [6, 6.07) is -1.11. The summed E-state index contributed by atoms with van der Waals surface area (Å²) in [5.74, 6) is -3.77. The number of hydrogen-bond donors (Lipinski definition) is 5. The molecule has 0 aromatic rings. The Morgan fingerprint density at radius 3 is 2.17 bits per heavy atom. The number of carboxylic acids is 2. The van der Waals surface area contributed by atoms with Crippen LogP contribution >= 0.6 is 0 Å². The maximum absolute atomic E-state index is 11.5. The number of hydrogen-bond acceptors (Lipinski definition) is 5. The second kappa shape index (κ2) is 8.01. The van der Waals surface area contributed by atoms with Gasteiger partial charge in [-0.1, -0.05) is 0 Å². The molecule has 18 heavy (non-hydrogen) atoms. The first-order chi connectivity index (χ1) is 8.36. The summed E-state index contributed by atoms with van der Waals surface area (Å²) >= 11 is 0. The van der Waals surface area contributed by atoms with Gasteiger partial charge in [0.1, 0.15) is 12.6 Å². The van der Waals surface area contributed by atoms with Crippen LogP contribution in [0.25, 0.3) is 0 Å². The van der Waals surface area contributed by atoms with Crippen molar-refractivity contribution >= 4 is 23.8 Å². The first-order valence-electron chi connectivity index (χ1n) is 5.07. The lowest BCUT2D eigenvalue weighted by Crippen LogP contribution is -2.49. The van der Waals surface area contributed by atoms with Gasteiger partial charge in [-0.05, 0) is 6.42 Å². The summed E-state index contributed by atoms with van der Waals surface area (Å²) in [6.07, 6.45) is -0.484. The fourth-order valence-electron chi connectivity index (χ4n) is 1.08. The van der Waals surface area contributed by atoms with Gasteiger partial charge in [-0.15, -0.1) is 0 Å². The molecule has 0 aromatic heterocycles. The quantitative estimate of drug-likeness (QED) is 0.323. The lowest BCUT2D eigenvalue weighted by Gasteiger charge is -2.16. The van der Waals surface area contributed by atoms with Crippen molar-refractivity contribution in [2.24, 2.45) is 5.73 Å². The maximum Gasteiger partial charge on any atom is 0.322 e. The summed E-state index contributed by atoms with van der Waals surface area (Å²) < 4.78 is 0. The lowest BCUT2D eigenvalue weighted by molar-refractivity contribution is -0.140. The van der Waals surface area contributed by atoms with Crippen LogP contribution in [0.5, 0.6) is 0 Å². The molecule has 0 aliphatic heterocycles. The molecule has 1 atom stereocenters. The molecule has 9 heteroatoms. The summed E-state index contributed by atoms with van der Waals surface area (Å²) in [5.41, 5.74) is 5.04. The third-order valence-corrected chi connectivity index (χ3v) is 1.90. The van der Waals surface area contributed by atoms with Crippen LogP contribution in [0, 0.1) is 0 Å². The number of rotatable bonds is 8. The summed E-state index contributed by atoms with van der Waals surface area (Å²) in [6.45, 7) is -0.962. The predicted molar refractivity (Wildman–Crippen MR) is 58.5 cm³/mol. The second-order valence-electron chi connectivity index (χ2n) is 3.37. The van der Waals surface area contributed by atoms with Gasteiger partial charge in [-0.25, -0.2) is 0 Å². The van der Waals surface area contributed by atoms with Crippen LogP contribution in [0.15, 0.2) is 0 Å². The number of nitrogens with two attached hydrogens (primary N) is 1. The Bertz CT molecular complexity index is 343. The molecule has 0 saturated carbocycles. The van der Waals surface area contributed by atoms with E-state index in [0.29, 0.717) is 0 Å². The van der Waals surface area contributed by atoms with E-state index in [4.69, 9.17) is 15.9 Å². The van der Waals surface area contributed by atoms with E-state index in [1.165, 1.54) is 0 Å². The number of carboxylic acid groups (broad SMARTS) is 2. The van der Waals surface area contributed by atoms with Crippen LogP contribution in [0.2, 0.25) is 0 Å². The van der Waals surface area contributed by atoms with E-state index in [0.717, 1.165) is 0 Å². The maximum atomic E-state index is 11.5. The van der Waals surface area contributed by atoms with Crippen LogP contribution in [0.1, 0.15) is 12.8 Å². The average Bonchev–Trinajstić information content (AvgIpc) is 2.30. The van der Waals surface area contributed by atoms with Crippen molar-refractivity contribution in [3.05, 3.63) is 0 Å². The highest BCUT2D eigenvalue weighted by Gasteiger charge is 2.21. The smallest absolute Gasteiger partial charge is 0.322 e. The molecule has 0 bridgehead atoms. The highest BCUT2D eigenvalue weighted by molar-refractivity contribution is 5.90. The summed E-state index contributed by atoms with van der Waals surface area (Å²) in [7, 11) is 0. The fourth-order valence-corrected chi connectivity index (χ4v) is 1.08. The van der Waals surface area contributed by atoms with Crippen LogP contribution < -0.4 is 16.4 Å². The monoisotopic (exact) mass is 261 g/mol. The minimum atomic E-state index is -1.24. The fraction of sp³-hybridized carbons (Fsp3) is 0.556. The summed E-state index contributed by atoms with van der Waals surface area (Å²) in [4.78, 5) is 43.2. The molecule has 0 unspecified atom stereocenters. The van der Waals surface area contributed by atoms with Gasteiger partial charge in [0.15, 0.2) is 0 Å². The molecule has 9 nitrogen and oxygen atoms in total. The van der Waals surface area contributed by atoms with E-state index in [-0.39, 0.29) is 19.4 Å². The van der Waals surface area contributed by atoms with Gasteiger partial charge in [0, 0.05) is 6.42 Å². The van der Waals surface area contributed by atoms with Crippen molar-refractivity contribution < 1.29 is 29.4 Å². The summed E-state index contributed by atoms with van der Waals surface area (Å²) in [5, 5.41) is 21.1. The van der Waals surface area contributed by atoms with Crippen molar-refractivity contribution in [2.45, 2.75) is 18.9 Å². The largest absolute Gasteiger partial charge is 0.481 e. The number of aliphatic carboxylic acids is 2. The molecule has 0 heterocycles. The van der Waals surface area contributed by atoms with Gasteiger partial charge in [-0.2, -0.15) is 0 Å². The highest BCUT2D eigenvalue weighted by atomic mass is 16.4. The molecule has 0 aliphatic rings. The lowest BCUT2D eigenvalue weighted by atomic mass is 10.1. The zero-order valence-electron chi connectivity index (χ0n) is 9.51. The van der Waals surface area contributed by atoms with E-state index < -0.39 is 36.3 Å². The molecule has 0 spiro atoms. The molecule has 0 aromatic carbocycles. The van der Waals surface area contributed by atoms with Crippen LogP contribution in [-0.2, 0) is 19.2 Å². The first-order valence-corrected chi connectivity index (χ1v) is 5.07. The molecule has 0 aliphatic carbocycles. The normalized spacial score (nSPS) is 11.4. The van der Waals surface area contributed by atoms with Crippen molar-refractivity contribution in [3.63, 3.8) is 0 Å². The first kappa shape index (κ1) is 15.8. The Hall–Kier alpha value is -2.16. The van der Waals surface area contributed by atoms with Crippen LogP contribution in [0.3, 0.4) is 0 Å². The van der Waals surface area contributed by atoms with Crippen LogP contribution in [0.4, 0.5) is 0 Å². The minimum Gasteiger partial charge on any atom is -0.481 e. The third kappa shape index (κ3) is 7.17. The van der Waals surface area contributed by atoms with E-state index in [1.54, 1.807) is 0 Å². The number of carbonyl (C=O) groups excluding carboxylic acids is 2. The van der Waals surface area contributed by atoms with Gasteiger partial charge in [0.2, 0.25) is 11.8 Å².